The molecule has 204 valence electrons. The van der Waals surface area contributed by atoms with Crippen molar-refractivity contribution in [3.8, 4) is 11.1 Å². The first-order valence-corrected chi connectivity index (χ1v) is 13.3. The average Bonchev–Trinajstić information content (AvgIpc) is 3.13. The van der Waals surface area contributed by atoms with Crippen molar-refractivity contribution in [2.24, 2.45) is 0 Å². The lowest BCUT2D eigenvalue weighted by molar-refractivity contribution is -0.137. The van der Waals surface area contributed by atoms with Crippen molar-refractivity contribution in [1.29, 1.82) is 0 Å². The topological polar surface area (TPSA) is 101 Å². The molecule has 2 aromatic carbocycles. The largest absolute Gasteiger partial charge is 0.416 e. The van der Waals surface area contributed by atoms with E-state index in [0.29, 0.717) is 19.3 Å². The predicted molar refractivity (Wildman–Crippen MR) is 132 cm³/mol. The van der Waals surface area contributed by atoms with Gasteiger partial charge in [0.15, 0.2) is 0 Å². The molecule has 4 aromatic rings. The van der Waals surface area contributed by atoms with Crippen molar-refractivity contribution < 1.29 is 35.2 Å². The summed E-state index contributed by atoms with van der Waals surface area (Å²) in [7, 11) is -4.17. The molecule has 0 aliphatic heterocycles. The van der Waals surface area contributed by atoms with E-state index in [2.05, 4.69) is 4.98 Å². The van der Waals surface area contributed by atoms with E-state index < -0.39 is 62.4 Å². The van der Waals surface area contributed by atoms with Crippen LogP contribution in [0.25, 0.3) is 22.0 Å². The van der Waals surface area contributed by atoms with Crippen LogP contribution in [0.4, 0.5) is 22.0 Å². The first-order valence-electron chi connectivity index (χ1n) is 11.8. The molecule has 0 atom stereocenters. The summed E-state index contributed by atoms with van der Waals surface area (Å²) in [4.78, 5) is 28.8. The predicted octanol–water partition coefficient (Wildman–Crippen LogP) is 4.95. The van der Waals surface area contributed by atoms with Gasteiger partial charge < -0.3 is 9.55 Å². The Hall–Kier alpha value is -4.00. The zero-order chi connectivity index (χ0) is 28.1. The minimum Gasteiger partial charge on any atom is -0.331 e. The lowest BCUT2D eigenvalue weighted by Crippen LogP contribution is -2.42. The van der Waals surface area contributed by atoms with Gasteiger partial charge in [0.2, 0.25) is 10.0 Å². The number of aromatic nitrogens is 2. The summed E-state index contributed by atoms with van der Waals surface area (Å²) in [5.74, 6) is -2.89. The monoisotopic (exact) mass is 565 g/mol. The molecule has 0 spiro atoms. The Morgan fingerprint density at radius 3 is 2.46 bits per heavy atom. The molecule has 7 nitrogen and oxygen atoms in total. The molecule has 2 N–H and O–H groups in total. The number of carbonyl (C=O) groups is 1. The zero-order valence-corrected chi connectivity index (χ0v) is 20.8. The molecule has 0 bridgehead atoms. The van der Waals surface area contributed by atoms with Gasteiger partial charge >= 0.3 is 6.18 Å². The summed E-state index contributed by atoms with van der Waals surface area (Å²) in [5, 5.41) is -1.04. The Kier molecular flexibility index (Phi) is 6.57. The number of sulfonamides is 1. The minimum absolute atomic E-state index is 0.0314. The Balaban J connectivity index is 1.83. The molecule has 5 rings (SSSR count). The summed E-state index contributed by atoms with van der Waals surface area (Å²) < 4.78 is 98.3. The van der Waals surface area contributed by atoms with E-state index in [-0.39, 0.29) is 27.6 Å². The highest BCUT2D eigenvalue weighted by molar-refractivity contribution is 7.90. The van der Waals surface area contributed by atoms with Crippen LogP contribution in [0, 0.1) is 11.6 Å². The van der Waals surface area contributed by atoms with Gasteiger partial charge in [0.05, 0.1) is 17.4 Å². The number of alkyl halides is 3. The van der Waals surface area contributed by atoms with Crippen molar-refractivity contribution in [2.75, 3.05) is 0 Å². The summed E-state index contributed by atoms with van der Waals surface area (Å²) in [6.45, 7) is -0.553. The maximum absolute atomic E-state index is 14.7. The van der Waals surface area contributed by atoms with Crippen LogP contribution in [0.5, 0.6) is 0 Å². The van der Waals surface area contributed by atoms with Gasteiger partial charge in [-0.3, -0.25) is 9.59 Å². The van der Waals surface area contributed by atoms with Gasteiger partial charge in [-0.25, -0.2) is 21.9 Å². The lowest BCUT2D eigenvalue weighted by Gasteiger charge is -2.25. The minimum atomic E-state index is -4.79. The number of H-pyrrole nitrogens is 1. The lowest BCUT2D eigenvalue weighted by atomic mass is 10.0. The van der Waals surface area contributed by atoms with Gasteiger partial charge in [0.1, 0.15) is 17.3 Å². The van der Waals surface area contributed by atoms with Gasteiger partial charge in [0.25, 0.3) is 11.5 Å². The maximum atomic E-state index is 14.7. The van der Waals surface area contributed by atoms with Crippen molar-refractivity contribution in [3.63, 3.8) is 0 Å². The molecule has 1 amide bonds. The fraction of sp³-hybridized carbons (Fsp3) is 0.231. The van der Waals surface area contributed by atoms with Gasteiger partial charge in [-0.1, -0.05) is 6.42 Å². The van der Waals surface area contributed by atoms with Crippen LogP contribution in [-0.4, -0.2) is 29.1 Å². The number of pyridine rings is 1. The smallest absolute Gasteiger partial charge is 0.331 e. The Morgan fingerprint density at radius 1 is 1.08 bits per heavy atom. The van der Waals surface area contributed by atoms with E-state index in [1.165, 1.54) is 18.3 Å². The first kappa shape index (κ1) is 26.6. The molecule has 1 aliphatic carbocycles. The van der Waals surface area contributed by atoms with Crippen molar-refractivity contribution >= 4 is 26.8 Å². The molecule has 0 unspecified atom stereocenters. The van der Waals surface area contributed by atoms with Gasteiger partial charge in [-0.15, -0.1) is 0 Å². The fourth-order valence-electron chi connectivity index (χ4n) is 4.60. The van der Waals surface area contributed by atoms with E-state index in [0.717, 1.165) is 41.0 Å². The molecule has 1 fully saturated rings. The van der Waals surface area contributed by atoms with Crippen LogP contribution in [0.2, 0.25) is 0 Å². The molecule has 1 saturated carbocycles. The normalized spacial score (nSPS) is 14.4. The maximum Gasteiger partial charge on any atom is 0.416 e. The number of fused-ring (bicyclic) bond motifs is 1. The second-order valence-corrected chi connectivity index (χ2v) is 11.2. The average molecular weight is 566 g/mol. The van der Waals surface area contributed by atoms with Crippen molar-refractivity contribution in [2.45, 2.75) is 37.2 Å². The van der Waals surface area contributed by atoms with Crippen LogP contribution in [0.15, 0.2) is 59.5 Å². The second kappa shape index (κ2) is 9.63. The number of benzene rings is 2. The molecule has 2 heterocycles. The van der Waals surface area contributed by atoms with Gasteiger partial charge in [-0.05, 0) is 61.4 Å². The van der Waals surface area contributed by atoms with Crippen molar-refractivity contribution in [3.05, 3.63) is 93.5 Å². The van der Waals surface area contributed by atoms with Crippen LogP contribution < -0.4 is 10.3 Å². The number of nitrogens with one attached hydrogen (secondary N) is 2. The van der Waals surface area contributed by atoms with E-state index in [4.69, 9.17) is 0 Å². The molecular weight excluding hydrogens is 545 g/mol. The Morgan fingerprint density at radius 2 is 1.82 bits per heavy atom. The van der Waals surface area contributed by atoms with Gasteiger partial charge in [0, 0.05) is 33.8 Å². The van der Waals surface area contributed by atoms with Crippen LogP contribution in [-0.2, 0) is 22.7 Å². The third-order valence-corrected chi connectivity index (χ3v) is 8.57. The van der Waals surface area contributed by atoms with Crippen LogP contribution in [0.1, 0.15) is 40.9 Å². The molecule has 2 aromatic heterocycles. The highest BCUT2D eigenvalue weighted by Gasteiger charge is 2.36. The molecule has 13 heteroatoms. The molecular formula is C26H20F5N3O4S. The first-order chi connectivity index (χ1) is 18.4. The second-order valence-electron chi connectivity index (χ2n) is 9.22. The SMILES string of the molecule is O=C(NS(=O)(=O)C1CCC1)c1c(-c2ccc[nH]c2=O)c2cc(C(F)(F)F)ccc2n1Cc1cc(F)ccc1F. The van der Waals surface area contributed by atoms with E-state index in [1.54, 1.807) is 0 Å². The highest BCUT2D eigenvalue weighted by atomic mass is 32.2. The Bertz CT molecular complexity index is 1770. The number of rotatable bonds is 6. The standard InChI is InChI=1S/C26H20F5N3O4S/c27-16-7-8-20(28)14(11-16)13-34-21-9-6-15(26(29,30)31)12-19(21)22(18-5-2-10-32-24(18)35)23(34)25(36)33-39(37,38)17-3-1-4-17/h2,5-12,17H,1,3-4,13H2,(H,32,35)(H,33,36). The molecule has 0 saturated heterocycles. The van der Waals surface area contributed by atoms with E-state index in [9.17, 15) is 40.0 Å². The highest BCUT2D eigenvalue weighted by Crippen LogP contribution is 2.39. The fourth-order valence-corrected chi connectivity index (χ4v) is 6.07. The number of hydrogen-bond acceptors (Lipinski definition) is 4. The quantitative estimate of drug-likeness (QED) is 0.323. The van der Waals surface area contributed by atoms with E-state index >= 15 is 0 Å². The molecule has 0 radical (unpaired) electrons. The summed E-state index contributed by atoms with van der Waals surface area (Å²) in [6, 6.07) is 7.72. The summed E-state index contributed by atoms with van der Waals surface area (Å²) in [5.41, 5.74) is -3.13. The zero-order valence-electron chi connectivity index (χ0n) is 20.0. The number of aromatic amines is 1. The number of nitrogens with zero attached hydrogens (tertiary/aromatic N) is 1. The molecule has 1 aliphatic rings. The number of halogens is 5. The Labute approximate surface area is 218 Å². The third-order valence-electron chi connectivity index (χ3n) is 6.76. The van der Waals surface area contributed by atoms with Crippen molar-refractivity contribution in [1.82, 2.24) is 14.3 Å². The van der Waals surface area contributed by atoms with E-state index in [1.807, 2.05) is 4.72 Å². The van der Waals surface area contributed by atoms with Gasteiger partial charge in [-0.2, -0.15) is 13.2 Å². The molecule has 39 heavy (non-hydrogen) atoms. The summed E-state index contributed by atoms with van der Waals surface area (Å²) in [6.07, 6.45) is -2.24. The van der Waals surface area contributed by atoms with Crippen LogP contribution in [0.3, 0.4) is 0 Å². The number of carbonyl (C=O) groups excluding carboxylic acids is 1. The van der Waals surface area contributed by atoms with Crippen LogP contribution >= 0.6 is 0 Å². The number of amides is 1. The summed E-state index contributed by atoms with van der Waals surface area (Å²) >= 11 is 0. The third kappa shape index (κ3) is 4.93. The number of hydrogen-bond donors (Lipinski definition) is 2.